The minimum Gasteiger partial charge on any atom is -0.494 e. The number of esters is 1. The second-order valence-corrected chi connectivity index (χ2v) is 13.5. The van der Waals surface area contributed by atoms with Crippen molar-refractivity contribution in [2.75, 3.05) is 19.8 Å². The van der Waals surface area contributed by atoms with Gasteiger partial charge >= 0.3 is 5.97 Å². The van der Waals surface area contributed by atoms with Crippen molar-refractivity contribution in [2.24, 2.45) is 4.99 Å². The molecule has 5 rings (SSSR count). The first-order chi connectivity index (χ1) is 24.1. The van der Waals surface area contributed by atoms with Gasteiger partial charge in [-0.25, -0.2) is 10.4 Å². The van der Waals surface area contributed by atoms with Gasteiger partial charge < -0.3 is 19.3 Å². The van der Waals surface area contributed by atoms with Crippen LogP contribution in [0.2, 0.25) is 0 Å². The molecule has 0 aromatic heterocycles. The quantitative estimate of drug-likeness (QED) is 0.0731. The lowest BCUT2D eigenvalue weighted by atomic mass is 9.83. The minimum absolute atomic E-state index is 0.0460. The van der Waals surface area contributed by atoms with Crippen LogP contribution in [-0.4, -0.2) is 53.8 Å². The van der Waals surface area contributed by atoms with Crippen LogP contribution in [0.5, 0.6) is 5.75 Å². The standard InChI is InChI=1S/C41H47N3O6/c1-29-11-13-30(14-12-29)24-26-42-44-39(47)41(25-23-36(46)50-40(2,3)4)37(33-17-15-32(16-18-33)31-9-6-5-7-10-31)49-38(43-41)34-19-21-35(22-20-34)48-28-8-27-45/h5-7,9-22,37,42,45H,8,23-28H2,1-4H3,(H,44,47)/t37-,41-/m0/s1. The van der Waals surface area contributed by atoms with Crippen LogP contribution in [0.4, 0.5) is 0 Å². The zero-order valence-corrected chi connectivity index (χ0v) is 29.3. The number of nitrogens with one attached hydrogen (secondary N) is 2. The Balaban J connectivity index is 1.47. The van der Waals surface area contributed by atoms with Crippen molar-refractivity contribution in [3.63, 3.8) is 0 Å². The normalized spacial score (nSPS) is 17.1. The van der Waals surface area contributed by atoms with Gasteiger partial charge in [0.1, 0.15) is 11.4 Å². The van der Waals surface area contributed by atoms with E-state index in [1.165, 1.54) is 5.56 Å². The van der Waals surface area contributed by atoms with Gasteiger partial charge in [0.05, 0.1) is 6.61 Å². The van der Waals surface area contributed by atoms with Crippen LogP contribution in [-0.2, 0) is 25.5 Å². The van der Waals surface area contributed by atoms with Gasteiger partial charge in [0, 0.05) is 31.6 Å². The molecule has 1 heterocycles. The number of benzene rings is 4. The summed E-state index contributed by atoms with van der Waals surface area (Å²) in [5.74, 6) is 0.0767. The van der Waals surface area contributed by atoms with Crippen LogP contribution in [0.25, 0.3) is 11.1 Å². The minimum atomic E-state index is -1.51. The van der Waals surface area contributed by atoms with Crippen LogP contribution in [0.1, 0.15) is 68.4 Å². The maximum absolute atomic E-state index is 14.4. The van der Waals surface area contributed by atoms with Gasteiger partial charge in [-0.3, -0.25) is 15.0 Å². The van der Waals surface area contributed by atoms with E-state index >= 15 is 0 Å². The molecule has 0 radical (unpaired) electrons. The fraction of sp³-hybridized carbons (Fsp3) is 0.341. The number of rotatable bonds is 15. The van der Waals surface area contributed by atoms with Crippen LogP contribution in [0.15, 0.2) is 108 Å². The molecule has 9 heteroatoms. The summed E-state index contributed by atoms with van der Waals surface area (Å²) in [6.45, 7) is 8.41. The molecule has 0 fully saturated rings. The Morgan fingerprint density at radius 3 is 2.20 bits per heavy atom. The smallest absolute Gasteiger partial charge is 0.306 e. The van der Waals surface area contributed by atoms with Gasteiger partial charge in [-0.1, -0.05) is 84.4 Å². The van der Waals surface area contributed by atoms with Crippen molar-refractivity contribution >= 4 is 17.8 Å². The van der Waals surface area contributed by atoms with Crippen molar-refractivity contribution in [1.82, 2.24) is 10.9 Å². The Morgan fingerprint density at radius 2 is 1.54 bits per heavy atom. The average Bonchev–Trinajstić information content (AvgIpc) is 3.51. The Hall–Kier alpha value is -4.99. The predicted octanol–water partition coefficient (Wildman–Crippen LogP) is 6.67. The topological polar surface area (TPSA) is 118 Å². The van der Waals surface area contributed by atoms with Gasteiger partial charge in [-0.15, -0.1) is 0 Å². The summed E-state index contributed by atoms with van der Waals surface area (Å²) in [6.07, 6.45) is 0.378. The number of aryl methyl sites for hydroxylation is 1. The second-order valence-electron chi connectivity index (χ2n) is 13.5. The molecule has 2 atom stereocenters. The molecule has 1 amide bonds. The van der Waals surface area contributed by atoms with Crippen molar-refractivity contribution in [3.8, 4) is 16.9 Å². The number of carbonyl (C=O) groups is 2. The van der Waals surface area contributed by atoms with Gasteiger partial charge in [-0.2, -0.15) is 0 Å². The number of aliphatic hydroxyl groups is 1. The molecule has 0 saturated carbocycles. The number of amides is 1. The van der Waals surface area contributed by atoms with Crippen molar-refractivity contribution in [3.05, 3.63) is 125 Å². The molecule has 0 aliphatic carbocycles. The lowest BCUT2D eigenvalue weighted by Crippen LogP contribution is -2.53. The van der Waals surface area contributed by atoms with Gasteiger partial charge in [0.15, 0.2) is 11.6 Å². The zero-order valence-electron chi connectivity index (χ0n) is 29.3. The third-order valence-electron chi connectivity index (χ3n) is 8.34. The molecule has 1 aliphatic rings. The van der Waals surface area contributed by atoms with E-state index in [9.17, 15) is 9.59 Å². The maximum Gasteiger partial charge on any atom is 0.306 e. The first kappa shape index (κ1) is 36.3. The third-order valence-corrected chi connectivity index (χ3v) is 8.34. The lowest BCUT2D eigenvalue weighted by molar-refractivity contribution is -0.155. The van der Waals surface area contributed by atoms with E-state index in [1.54, 1.807) is 12.1 Å². The van der Waals surface area contributed by atoms with Crippen molar-refractivity contribution in [2.45, 2.75) is 70.6 Å². The number of aliphatic hydroxyl groups excluding tert-OH is 1. The summed E-state index contributed by atoms with van der Waals surface area (Å²) >= 11 is 0. The Morgan fingerprint density at radius 1 is 0.880 bits per heavy atom. The third kappa shape index (κ3) is 9.58. The molecular formula is C41H47N3O6. The monoisotopic (exact) mass is 677 g/mol. The van der Waals surface area contributed by atoms with Crippen LogP contribution in [0, 0.1) is 6.92 Å². The SMILES string of the molecule is Cc1ccc(CCNNC(=O)[C@@]2(CCC(=O)OC(C)(C)C)N=C(c3ccc(OCCCO)cc3)O[C@H]2c2ccc(-c3ccccc3)cc2)cc1. The highest BCUT2D eigenvalue weighted by Gasteiger charge is 2.53. The molecule has 3 N–H and O–H groups in total. The number of hydrogen-bond donors (Lipinski definition) is 3. The number of ether oxygens (including phenoxy) is 3. The molecule has 50 heavy (non-hydrogen) atoms. The van der Waals surface area contributed by atoms with E-state index in [1.807, 2.05) is 94.4 Å². The van der Waals surface area contributed by atoms with E-state index in [0.717, 1.165) is 22.3 Å². The largest absolute Gasteiger partial charge is 0.494 e. The lowest BCUT2D eigenvalue weighted by Gasteiger charge is -2.31. The van der Waals surface area contributed by atoms with E-state index in [0.29, 0.717) is 37.3 Å². The van der Waals surface area contributed by atoms with Gasteiger partial charge in [0.25, 0.3) is 5.91 Å². The van der Waals surface area contributed by atoms with Crippen LogP contribution < -0.4 is 15.6 Å². The van der Waals surface area contributed by atoms with Crippen molar-refractivity contribution < 1.29 is 28.9 Å². The highest BCUT2D eigenvalue weighted by Crippen LogP contribution is 2.43. The molecule has 9 nitrogen and oxygen atoms in total. The first-order valence-electron chi connectivity index (χ1n) is 17.1. The molecule has 0 unspecified atom stereocenters. The fourth-order valence-corrected chi connectivity index (χ4v) is 5.75. The number of carbonyl (C=O) groups excluding carboxylic acids is 2. The number of hydrazine groups is 1. The number of hydrogen-bond acceptors (Lipinski definition) is 8. The summed E-state index contributed by atoms with van der Waals surface area (Å²) in [4.78, 5) is 32.5. The highest BCUT2D eigenvalue weighted by atomic mass is 16.6. The summed E-state index contributed by atoms with van der Waals surface area (Å²) in [5.41, 5.74) is 9.61. The number of nitrogens with zero attached hydrogens (tertiary/aromatic N) is 1. The van der Waals surface area contributed by atoms with Gasteiger partial charge in [-0.05, 0) is 87.1 Å². The molecule has 4 aromatic rings. The van der Waals surface area contributed by atoms with Crippen molar-refractivity contribution in [1.29, 1.82) is 0 Å². The molecule has 1 aliphatic heterocycles. The van der Waals surface area contributed by atoms with Crippen LogP contribution in [0.3, 0.4) is 0 Å². The van der Waals surface area contributed by atoms with E-state index in [4.69, 9.17) is 24.3 Å². The van der Waals surface area contributed by atoms with E-state index < -0.39 is 29.1 Å². The predicted molar refractivity (Wildman–Crippen MR) is 195 cm³/mol. The Bertz CT molecular complexity index is 1730. The Kier molecular flexibility index (Phi) is 12.1. The molecule has 0 bridgehead atoms. The summed E-state index contributed by atoms with van der Waals surface area (Å²) in [5, 5.41) is 9.10. The molecule has 4 aromatic carbocycles. The second kappa shape index (κ2) is 16.6. The molecular weight excluding hydrogens is 630 g/mol. The van der Waals surface area contributed by atoms with E-state index in [-0.39, 0.29) is 25.3 Å². The van der Waals surface area contributed by atoms with E-state index in [2.05, 4.69) is 35.1 Å². The van der Waals surface area contributed by atoms with Gasteiger partial charge in [0.2, 0.25) is 5.90 Å². The summed E-state index contributed by atoms with van der Waals surface area (Å²) < 4.78 is 18.0. The molecule has 0 saturated heterocycles. The fourth-order valence-electron chi connectivity index (χ4n) is 5.75. The first-order valence-corrected chi connectivity index (χ1v) is 17.1. The maximum atomic E-state index is 14.4. The summed E-state index contributed by atoms with van der Waals surface area (Å²) in [7, 11) is 0. The number of aliphatic imine (C=N–C) groups is 1. The Labute approximate surface area is 294 Å². The van der Waals surface area contributed by atoms with Crippen LogP contribution >= 0.6 is 0 Å². The summed E-state index contributed by atoms with van der Waals surface area (Å²) in [6, 6.07) is 33.5. The zero-order chi connectivity index (χ0) is 35.6. The molecule has 262 valence electrons. The molecule has 0 spiro atoms. The highest BCUT2D eigenvalue weighted by molar-refractivity contribution is 6.01. The average molecular weight is 678 g/mol.